The van der Waals surface area contributed by atoms with Gasteiger partial charge in [-0.1, -0.05) is 18.0 Å². The molecular weight excluding hydrogens is 420 g/mol. The van der Waals surface area contributed by atoms with E-state index >= 15 is 0 Å². The van der Waals surface area contributed by atoms with Crippen LogP contribution in [0.25, 0.3) is 0 Å². The van der Waals surface area contributed by atoms with Gasteiger partial charge >= 0.3 is 6.03 Å². The number of hydrogen-bond acceptors (Lipinski definition) is 5. The number of benzene rings is 2. The van der Waals surface area contributed by atoms with Gasteiger partial charge in [-0.2, -0.15) is 4.31 Å². The van der Waals surface area contributed by atoms with E-state index in [4.69, 9.17) is 11.6 Å². The highest BCUT2D eigenvalue weighted by Crippen LogP contribution is 2.28. The molecule has 2 aromatic carbocycles. The molecular formula is C18H19ClN4O5S. The lowest BCUT2D eigenvalue weighted by molar-refractivity contribution is -0.384. The summed E-state index contributed by atoms with van der Waals surface area (Å²) in [6.45, 7) is 0.933. The van der Waals surface area contributed by atoms with E-state index in [0.717, 1.165) is 19.3 Å². The average molecular weight is 439 g/mol. The van der Waals surface area contributed by atoms with Crippen LogP contribution in [0.15, 0.2) is 47.4 Å². The number of non-ortho nitro benzene ring substituents is 1. The third kappa shape index (κ3) is 5.03. The lowest BCUT2D eigenvalue weighted by Crippen LogP contribution is -2.35. The number of carbonyl (C=O) groups excluding carboxylic acids is 1. The zero-order valence-electron chi connectivity index (χ0n) is 15.3. The predicted octanol–water partition coefficient (Wildman–Crippen LogP) is 4.07. The average Bonchev–Trinajstić information content (AvgIpc) is 2.70. The van der Waals surface area contributed by atoms with Crippen molar-refractivity contribution in [3.05, 3.63) is 57.6 Å². The Morgan fingerprint density at radius 1 is 1.03 bits per heavy atom. The van der Waals surface area contributed by atoms with Gasteiger partial charge in [0.15, 0.2) is 0 Å². The largest absolute Gasteiger partial charge is 0.323 e. The van der Waals surface area contributed by atoms with Crippen molar-refractivity contribution in [2.75, 3.05) is 23.7 Å². The van der Waals surface area contributed by atoms with E-state index in [1.54, 1.807) is 0 Å². The summed E-state index contributed by atoms with van der Waals surface area (Å²) in [5.74, 6) is 0. The van der Waals surface area contributed by atoms with Crippen molar-refractivity contribution in [2.45, 2.75) is 24.2 Å². The molecule has 2 amide bonds. The van der Waals surface area contributed by atoms with Crippen LogP contribution in [0.2, 0.25) is 5.02 Å². The molecule has 0 aliphatic carbocycles. The molecule has 2 N–H and O–H groups in total. The first-order chi connectivity index (χ1) is 13.8. The van der Waals surface area contributed by atoms with Crippen LogP contribution in [-0.4, -0.2) is 36.8 Å². The fourth-order valence-electron chi connectivity index (χ4n) is 2.97. The van der Waals surface area contributed by atoms with Crippen molar-refractivity contribution in [3.8, 4) is 0 Å². The number of nitro groups is 1. The number of halogens is 1. The van der Waals surface area contributed by atoms with Crippen LogP contribution in [-0.2, 0) is 10.0 Å². The molecule has 0 saturated carbocycles. The molecule has 0 unspecified atom stereocenters. The molecule has 2 aromatic rings. The molecule has 0 aromatic heterocycles. The Hall–Kier alpha value is -2.69. The maximum absolute atomic E-state index is 12.8. The molecule has 0 atom stereocenters. The quantitative estimate of drug-likeness (QED) is 0.538. The first kappa shape index (κ1) is 21.0. The number of nitrogens with zero attached hydrogens (tertiary/aromatic N) is 2. The van der Waals surface area contributed by atoms with Crippen molar-refractivity contribution in [1.29, 1.82) is 0 Å². The van der Waals surface area contributed by atoms with Crippen LogP contribution in [0.4, 0.5) is 21.9 Å². The van der Waals surface area contributed by atoms with Crippen molar-refractivity contribution in [2.24, 2.45) is 0 Å². The highest BCUT2D eigenvalue weighted by atomic mass is 35.5. The van der Waals surface area contributed by atoms with Gasteiger partial charge in [0.05, 0.1) is 20.5 Å². The van der Waals surface area contributed by atoms with Crippen LogP contribution < -0.4 is 10.6 Å². The highest BCUT2D eigenvalue weighted by Gasteiger charge is 2.26. The molecule has 0 spiro atoms. The molecule has 1 saturated heterocycles. The predicted molar refractivity (Wildman–Crippen MR) is 110 cm³/mol. The monoisotopic (exact) mass is 438 g/mol. The number of amides is 2. The molecule has 1 aliphatic rings. The molecule has 0 bridgehead atoms. The van der Waals surface area contributed by atoms with Crippen molar-refractivity contribution < 1.29 is 18.1 Å². The molecule has 1 aliphatic heterocycles. The number of hydrogen-bond donors (Lipinski definition) is 2. The zero-order chi connectivity index (χ0) is 21.0. The Balaban J connectivity index is 1.74. The maximum atomic E-state index is 12.8. The summed E-state index contributed by atoms with van der Waals surface area (Å²) < 4.78 is 27.1. The summed E-state index contributed by atoms with van der Waals surface area (Å²) in [4.78, 5) is 22.4. The van der Waals surface area contributed by atoms with E-state index < -0.39 is 21.0 Å². The Morgan fingerprint density at radius 2 is 1.69 bits per heavy atom. The number of nitro benzene ring substituents is 1. The topological polar surface area (TPSA) is 122 Å². The van der Waals surface area contributed by atoms with E-state index in [1.165, 1.54) is 46.8 Å². The molecule has 11 heteroatoms. The maximum Gasteiger partial charge on any atom is 0.323 e. The first-order valence-electron chi connectivity index (χ1n) is 8.89. The summed E-state index contributed by atoms with van der Waals surface area (Å²) in [5.41, 5.74) is 0.375. The normalized spacial score (nSPS) is 14.9. The minimum Gasteiger partial charge on any atom is -0.308 e. The van der Waals surface area contributed by atoms with Gasteiger partial charge in [0.1, 0.15) is 0 Å². The number of rotatable bonds is 5. The van der Waals surface area contributed by atoms with Gasteiger partial charge in [0, 0.05) is 30.9 Å². The zero-order valence-corrected chi connectivity index (χ0v) is 16.9. The van der Waals surface area contributed by atoms with Gasteiger partial charge in [-0.25, -0.2) is 13.2 Å². The third-order valence-electron chi connectivity index (χ3n) is 4.47. The van der Waals surface area contributed by atoms with E-state index in [-0.39, 0.29) is 21.3 Å². The minimum atomic E-state index is -3.67. The second-order valence-corrected chi connectivity index (χ2v) is 8.83. The molecule has 154 valence electrons. The molecule has 29 heavy (non-hydrogen) atoms. The third-order valence-corrected chi connectivity index (χ3v) is 6.70. The van der Waals surface area contributed by atoms with Crippen LogP contribution in [0.5, 0.6) is 0 Å². The molecule has 3 rings (SSSR count). The Labute approximate surface area is 172 Å². The summed E-state index contributed by atoms with van der Waals surface area (Å²) in [6, 6.07) is 8.77. The minimum absolute atomic E-state index is 0.0504. The van der Waals surface area contributed by atoms with Crippen LogP contribution in [0, 0.1) is 10.1 Å². The van der Waals surface area contributed by atoms with E-state index in [1.807, 2.05) is 0 Å². The Kier molecular flexibility index (Phi) is 6.36. The second kappa shape index (κ2) is 8.76. The molecule has 1 heterocycles. The van der Waals surface area contributed by atoms with E-state index in [9.17, 15) is 23.3 Å². The van der Waals surface area contributed by atoms with E-state index in [2.05, 4.69) is 10.6 Å². The second-order valence-electron chi connectivity index (χ2n) is 6.49. The number of piperidine rings is 1. The lowest BCUT2D eigenvalue weighted by atomic mass is 10.2. The standard InChI is InChI=1S/C18H19ClN4O5S/c19-16-9-8-15(29(27,28)22-10-2-1-3-11-22)12-17(16)21-18(24)20-13-4-6-14(7-5-13)23(25)26/h4-9,12H,1-3,10-11H2,(H2,20,21,24). The van der Waals surface area contributed by atoms with Gasteiger partial charge in [-0.05, 0) is 43.2 Å². The van der Waals surface area contributed by atoms with Gasteiger partial charge in [-0.3, -0.25) is 10.1 Å². The fraction of sp³-hybridized carbons (Fsp3) is 0.278. The first-order valence-corrected chi connectivity index (χ1v) is 10.7. The molecule has 1 fully saturated rings. The number of sulfonamides is 1. The summed E-state index contributed by atoms with van der Waals surface area (Å²) in [7, 11) is -3.67. The van der Waals surface area contributed by atoms with Gasteiger partial charge in [0.2, 0.25) is 10.0 Å². The molecule has 0 radical (unpaired) electrons. The number of carbonyl (C=O) groups is 1. The Bertz CT molecular complexity index is 1020. The van der Waals surface area contributed by atoms with Gasteiger partial charge < -0.3 is 10.6 Å². The number of urea groups is 1. The van der Waals surface area contributed by atoms with Crippen molar-refractivity contribution in [1.82, 2.24) is 4.31 Å². The number of nitrogens with one attached hydrogen (secondary N) is 2. The summed E-state index contributed by atoms with van der Waals surface area (Å²) >= 11 is 6.11. The van der Waals surface area contributed by atoms with Crippen LogP contribution in [0.3, 0.4) is 0 Å². The van der Waals surface area contributed by atoms with Crippen molar-refractivity contribution in [3.63, 3.8) is 0 Å². The fourth-order valence-corrected chi connectivity index (χ4v) is 4.67. The number of anilines is 2. The van der Waals surface area contributed by atoms with Crippen LogP contribution in [0.1, 0.15) is 19.3 Å². The highest BCUT2D eigenvalue weighted by molar-refractivity contribution is 7.89. The SMILES string of the molecule is O=C(Nc1ccc([N+](=O)[O-])cc1)Nc1cc(S(=O)(=O)N2CCCCC2)ccc1Cl. The summed E-state index contributed by atoms with van der Waals surface area (Å²) in [5, 5.41) is 15.9. The Morgan fingerprint density at radius 3 is 2.31 bits per heavy atom. The molecule has 9 nitrogen and oxygen atoms in total. The van der Waals surface area contributed by atoms with Crippen LogP contribution >= 0.6 is 11.6 Å². The van der Waals surface area contributed by atoms with E-state index in [0.29, 0.717) is 18.8 Å². The van der Waals surface area contributed by atoms with Gasteiger partial charge in [-0.15, -0.1) is 0 Å². The smallest absolute Gasteiger partial charge is 0.308 e. The van der Waals surface area contributed by atoms with Gasteiger partial charge in [0.25, 0.3) is 5.69 Å². The lowest BCUT2D eigenvalue weighted by Gasteiger charge is -2.26. The summed E-state index contributed by atoms with van der Waals surface area (Å²) in [6.07, 6.45) is 2.63. The van der Waals surface area contributed by atoms with Crippen molar-refractivity contribution >= 4 is 44.7 Å².